The summed E-state index contributed by atoms with van der Waals surface area (Å²) in [4.78, 5) is 39.4. The van der Waals surface area contributed by atoms with Crippen LogP contribution in [0.1, 0.15) is 45.2 Å². The Morgan fingerprint density at radius 2 is 2.18 bits per heavy atom. The van der Waals surface area contributed by atoms with E-state index >= 15 is 0 Å². The van der Waals surface area contributed by atoms with Gasteiger partial charge in [0.05, 0.1) is 23.9 Å². The maximum Gasteiger partial charge on any atom is 0.408 e. The van der Waals surface area contributed by atoms with Crippen molar-refractivity contribution in [3.63, 3.8) is 0 Å². The van der Waals surface area contributed by atoms with E-state index in [1.165, 1.54) is 0 Å². The summed E-state index contributed by atoms with van der Waals surface area (Å²) in [5, 5.41) is 4.94. The molecule has 1 aliphatic heterocycles. The first-order chi connectivity index (χ1) is 13.2. The Labute approximate surface area is 162 Å². The van der Waals surface area contributed by atoms with E-state index in [1.807, 2.05) is 18.2 Å². The Balaban J connectivity index is 1.72. The average Bonchev–Trinajstić information content (AvgIpc) is 3.00. The van der Waals surface area contributed by atoms with E-state index in [9.17, 15) is 14.4 Å². The molecule has 2 heterocycles. The summed E-state index contributed by atoms with van der Waals surface area (Å²) in [5.41, 5.74) is 1.67. The van der Waals surface area contributed by atoms with Crippen LogP contribution in [0.5, 0.6) is 0 Å². The van der Waals surface area contributed by atoms with Crippen molar-refractivity contribution in [3.05, 3.63) is 30.1 Å². The predicted octanol–water partition coefficient (Wildman–Crippen LogP) is 1.89. The lowest BCUT2D eigenvalue weighted by molar-refractivity contribution is -0.135. The molecule has 1 atom stereocenters. The normalized spacial score (nSPS) is 16.9. The van der Waals surface area contributed by atoms with E-state index in [-0.39, 0.29) is 18.4 Å². The number of nitrogens with zero attached hydrogens (tertiary/aromatic N) is 2. The number of aromatic nitrogens is 2. The Hall–Kier alpha value is -3.34. The van der Waals surface area contributed by atoms with Gasteiger partial charge in [0.15, 0.2) is 0 Å². The smallest absolute Gasteiger partial charge is 0.408 e. The van der Waals surface area contributed by atoms with Gasteiger partial charge < -0.3 is 14.6 Å². The van der Waals surface area contributed by atoms with Crippen LogP contribution >= 0.6 is 0 Å². The number of carbonyl (C=O) groups excluding carboxylic acids is 3. The number of rotatable bonds is 2. The Kier molecular flexibility index (Phi) is 5.36. The molecule has 8 heteroatoms. The van der Waals surface area contributed by atoms with E-state index < -0.39 is 17.7 Å². The van der Waals surface area contributed by atoms with E-state index in [0.29, 0.717) is 12.8 Å². The number of nitrogens with one attached hydrogen (secondary N) is 2. The first-order valence-corrected chi connectivity index (χ1v) is 8.99. The van der Waals surface area contributed by atoms with Gasteiger partial charge >= 0.3 is 6.09 Å². The highest BCUT2D eigenvalue weighted by Gasteiger charge is 2.28. The fourth-order valence-corrected chi connectivity index (χ4v) is 2.88. The molecule has 0 radical (unpaired) electrons. The van der Waals surface area contributed by atoms with Gasteiger partial charge in [-0.1, -0.05) is 11.8 Å². The van der Waals surface area contributed by atoms with Crippen molar-refractivity contribution >= 4 is 28.9 Å². The van der Waals surface area contributed by atoms with Gasteiger partial charge in [0.1, 0.15) is 11.6 Å². The largest absolute Gasteiger partial charge is 0.444 e. The summed E-state index contributed by atoms with van der Waals surface area (Å²) in [6, 6.07) is 5.01. The molecule has 0 spiro atoms. The molecule has 3 amide bonds. The molecule has 2 N–H and O–H groups in total. The van der Waals surface area contributed by atoms with Crippen LogP contribution in [0.3, 0.4) is 0 Å². The minimum atomic E-state index is -0.559. The van der Waals surface area contributed by atoms with Crippen LogP contribution in [0.2, 0.25) is 0 Å². The van der Waals surface area contributed by atoms with Crippen LogP contribution in [-0.4, -0.2) is 39.6 Å². The molecule has 0 bridgehead atoms. The minimum Gasteiger partial charge on any atom is -0.444 e. The summed E-state index contributed by atoms with van der Waals surface area (Å²) in [6.45, 7) is 5.52. The molecule has 1 aromatic heterocycles. The number of hydrogen-bond acceptors (Lipinski definition) is 5. The number of ether oxygens (including phenoxy) is 1. The van der Waals surface area contributed by atoms with Gasteiger partial charge in [0.25, 0.3) is 0 Å². The standard InChI is InChI=1S/C20H22N4O4/c1-20(2,3)28-19(27)21-10-4-5-13-6-7-14-16(11-13)24(12-22-14)15-8-9-17(25)23-18(15)26/h6-7,11-12,15H,8-10H2,1-3H3,(H,21,27)(H,23,25,26). The number of piperidine rings is 1. The molecule has 0 aliphatic carbocycles. The molecule has 1 aliphatic rings. The van der Waals surface area contributed by atoms with Crippen LogP contribution < -0.4 is 10.6 Å². The molecule has 0 saturated carbocycles. The fraction of sp³-hybridized carbons (Fsp3) is 0.400. The molecule has 1 aromatic carbocycles. The number of benzene rings is 1. The van der Waals surface area contributed by atoms with E-state index in [2.05, 4.69) is 27.5 Å². The third kappa shape index (κ3) is 4.68. The van der Waals surface area contributed by atoms with Crippen molar-refractivity contribution in [2.45, 2.75) is 45.3 Å². The maximum absolute atomic E-state index is 12.1. The third-order valence-corrected chi connectivity index (χ3v) is 4.07. The highest BCUT2D eigenvalue weighted by molar-refractivity contribution is 6.00. The molecule has 28 heavy (non-hydrogen) atoms. The van der Waals surface area contributed by atoms with E-state index in [1.54, 1.807) is 31.7 Å². The zero-order valence-electron chi connectivity index (χ0n) is 16.0. The SMILES string of the molecule is CC(C)(C)OC(=O)NCC#Cc1ccc2ncn(C3CCC(=O)NC3=O)c2c1. The van der Waals surface area contributed by atoms with Crippen molar-refractivity contribution in [2.75, 3.05) is 6.54 Å². The second-order valence-corrected chi connectivity index (χ2v) is 7.48. The molecule has 1 fully saturated rings. The van der Waals surface area contributed by atoms with Crippen molar-refractivity contribution in [1.29, 1.82) is 0 Å². The van der Waals surface area contributed by atoms with E-state index in [4.69, 9.17) is 4.74 Å². The number of carbonyl (C=O) groups is 3. The molecule has 2 aromatic rings. The summed E-state index contributed by atoms with van der Waals surface area (Å²) in [5.74, 6) is 5.27. The molecule has 1 saturated heterocycles. The van der Waals surface area contributed by atoms with Crippen LogP contribution in [0.4, 0.5) is 4.79 Å². The van der Waals surface area contributed by atoms with Gasteiger partial charge in [-0.2, -0.15) is 0 Å². The Bertz CT molecular complexity index is 991. The summed E-state index contributed by atoms with van der Waals surface area (Å²) in [6.07, 6.45) is 1.82. The molecular weight excluding hydrogens is 360 g/mol. The van der Waals surface area contributed by atoms with Crippen LogP contribution in [0.25, 0.3) is 11.0 Å². The molecule has 8 nitrogen and oxygen atoms in total. The molecule has 1 unspecified atom stereocenters. The number of alkyl carbamates (subject to hydrolysis) is 1. The maximum atomic E-state index is 12.1. The Morgan fingerprint density at radius 1 is 1.39 bits per heavy atom. The zero-order chi connectivity index (χ0) is 20.3. The number of imide groups is 1. The van der Waals surface area contributed by atoms with Gasteiger partial charge in [-0.25, -0.2) is 9.78 Å². The molecule has 3 rings (SSSR count). The average molecular weight is 382 g/mol. The van der Waals surface area contributed by atoms with Gasteiger partial charge in [-0.15, -0.1) is 0 Å². The topological polar surface area (TPSA) is 102 Å². The van der Waals surface area contributed by atoms with Crippen molar-refractivity contribution in [2.24, 2.45) is 0 Å². The first-order valence-electron chi connectivity index (χ1n) is 8.99. The van der Waals surface area contributed by atoms with Gasteiger partial charge in [-0.05, 0) is 45.4 Å². The fourth-order valence-electron chi connectivity index (χ4n) is 2.88. The summed E-state index contributed by atoms with van der Waals surface area (Å²) < 4.78 is 6.91. The number of fused-ring (bicyclic) bond motifs is 1. The molecule has 146 valence electrons. The van der Waals surface area contributed by atoms with Gasteiger partial charge in [0, 0.05) is 12.0 Å². The quantitative estimate of drug-likeness (QED) is 0.610. The predicted molar refractivity (Wildman–Crippen MR) is 102 cm³/mol. The Morgan fingerprint density at radius 3 is 2.89 bits per heavy atom. The minimum absolute atomic E-state index is 0.152. The number of hydrogen-bond donors (Lipinski definition) is 2. The van der Waals surface area contributed by atoms with Crippen molar-refractivity contribution < 1.29 is 19.1 Å². The first kappa shape index (κ1) is 19.4. The van der Waals surface area contributed by atoms with E-state index in [0.717, 1.165) is 16.6 Å². The van der Waals surface area contributed by atoms with Gasteiger partial charge in [0.2, 0.25) is 11.8 Å². The highest BCUT2D eigenvalue weighted by Crippen LogP contribution is 2.24. The number of imidazole rings is 1. The van der Waals surface area contributed by atoms with Gasteiger partial charge in [-0.3, -0.25) is 14.9 Å². The summed E-state index contributed by atoms with van der Waals surface area (Å²) in [7, 11) is 0. The van der Waals surface area contributed by atoms with Crippen molar-refractivity contribution in [1.82, 2.24) is 20.2 Å². The lowest BCUT2D eigenvalue weighted by Gasteiger charge is -2.22. The highest BCUT2D eigenvalue weighted by atomic mass is 16.6. The monoisotopic (exact) mass is 382 g/mol. The second-order valence-electron chi connectivity index (χ2n) is 7.48. The van der Waals surface area contributed by atoms with Crippen LogP contribution in [0, 0.1) is 11.8 Å². The van der Waals surface area contributed by atoms with Crippen LogP contribution in [-0.2, 0) is 14.3 Å². The lowest BCUT2D eigenvalue weighted by atomic mass is 10.1. The number of amides is 3. The summed E-state index contributed by atoms with van der Waals surface area (Å²) >= 11 is 0. The lowest BCUT2D eigenvalue weighted by Crippen LogP contribution is -2.41. The van der Waals surface area contributed by atoms with Crippen LogP contribution in [0.15, 0.2) is 24.5 Å². The molecular formula is C20H22N4O4. The van der Waals surface area contributed by atoms with Crippen molar-refractivity contribution in [3.8, 4) is 11.8 Å². The second kappa shape index (κ2) is 7.72. The third-order valence-electron chi connectivity index (χ3n) is 4.07. The zero-order valence-corrected chi connectivity index (χ0v) is 16.0.